The number of hydrogen-bond donors (Lipinski definition) is 0. The number of fused-ring (bicyclic) bond motifs is 1. The first-order valence-corrected chi connectivity index (χ1v) is 11.3. The fourth-order valence-electron chi connectivity index (χ4n) is 3.82. The number of aryl methyl sites for hydroxylation is 1. The summed E-state index contributed by atoms with van der Waals surface area (Å²) in [6, 6.07) is 18.7. The smallest absolute Gasteiger partial charge is 0.338 e. The van der Waals surface area contributed by atoms with Crippen LogP contribution in [-0.2, 0) is 11.2 Å². The van der Waals surface area contributed by atoms with E-state index in [0.717, 1.165) is 33.8 Å². The minimum atomic E-state index is -0.391. The van der Waals surface area contributed by atoms with Crippen LogP contribution in [0.2, 0.25) is 0 Å². The maximum Gasteiger partial charge on any atom is 0.338 e. The summed E-state index contributed by atoms with van der Waals surface area (Å²) in [5.74, 6) is -0.367. The molecule has 1 aliphatic carbocycles. The third kappa shape index (κ3) is 5.65. The van der Waals surface area contributed by atoms with E-state index in [1.807, 2.05) is 66.8 Å². The van der Waals surface area contributed by atoms with E-state index in [0.29, 0.717) is 24.0 Å². The lowest BCUT2D eigenvalue weighted by Crippen LogP contribution is -2.32. The summed E-state index contributed by atoms with van der Waals surface area (Å²) in [7, 11) is 1.36. The van der Waals surface area contributed by atoms with Crippen LogP contribution in [0, 0.1) is 0 Å². The second-order valence-electron chi connectivity index (χ2n) is 7.86. The fourth-order valence-corrected chi connectivity index (χ4v) is 4.03. The zero-order valence-corrected chi connectivity index (χ0v) is 19.1. The van der Waals surface area contributed by atoms with Gasteiger partial charge < -0.3 is 4.74 Å². The Labute approximate surface area is 197 Å². The molecule has 0 spiro atoms. The Morgan fingerprint density at radius 2 is 1.94 bits per heavy atom. The average Bonchev–Trinajstić information content (AvgIpc) is 2.85. The number of esters is 1. The molecule has 0 saturated heterocycles. The molecule has 0 fully saturated rings. The third-order valence-corrected chi connectivity index (χ3v) is 5.88. The molecule has 3 aromatic rings. The fraction of sp³-hybridized carbons (Fsp3) is 0.179. The van der Waals surface area contributed by atoms with Crippen molar-refractivity contribution in [2.45, 2.75) is 24.6 Å². The first-order valence-electron chi connectivity index (χ1n) is 10.8. The van der Waals surface area contributed by atoms with Crippen molar-refractivity contribution in [1.82, 2.24) is 4.98 Å². The van der Waals surface area contributed by atoms with Crippen LogP contribution in [0.1, 0.15) is 50.4 Å². The number of nitrogens with zero attached hydrogens (tertiary/aromatic N) is 1. The summed E-state index contributed by atoms with van der Waals surface area (Å²) in [6.07, 6.45) is 9.56. The van der Waals surface area contributed by atoms with Crippen molar-refractivity contribution in [3.63, 3.8) is 0 Å². The number of hydrogen-bond acceptors (Lipinski definition) is 4. The number of rotatable bonds is 7. The summed E-state index contributed by atoms with van der Waals surface area (Å²) < 4.78 is 4.84. The summed E-state index contributed by atoms with van der Waals surface area (Å²) in [4.78, 5) is 29.4. The number of methoxy groups -OCH3 is 1. The third-order valence-electron chi connectivity index (χ3n) is 5.58. The predicted molar refractivity (Wildman–Crippen MR) is 132 cm³/mol. The molecule has 1 unspecified atom stereocenters. The van der Waals surface area contributed by atoms with Gasteiger partial charge >= 0.3 is 5.97 Å². The molecular weight excluding hydrogens is 434 g/mol. The molecular formula is C28H24ClNO3. The number of alkyl halides is 1. The van der Waals surface area contributed by atoms with Gasteiger partial charge in [-0.1, -0.05) is 54.6 Å². The summed E-state index contributed by atoms with van der Waals surface area (Å²) in [5.41, 5.74) is 3.69. The maximum absolute atomic E-state index is 12.8. The molecule has 0 amide bonds. The molecule has 0 N–H and O–H groups in total. The SMILES string of the molecule is COC(=O)c1ccccc1CCC(=O)c1cccc(C=Cc2ccc3c(n2)=CC(Cl)CC=3)c1. The minimum absolute atomic E-state index is 0.0218. The van der Waals surface area contributed by atoms with E-state index < -0.39 is 5.97 Å². The van der Waals surface area contributed by atoms with Crippen molar-refractivity contribution in [3.05, 3.63) is 99.2 Å². The predicted octanol–water partition coefficient (Wildman–Crippen LogP) is 4.43. The lowest BCUT2D eigenvalue weighted by atomic mass is 9.98. The Balaban J connectivity index is 1.46. The van der Waals surface area contributed by atoms with Crippen molar-refractivity contribution < 1.29 is 14.3 Å². The molecule has 0 radical (unpaired) electrons. The first kappa shape index (κ1) is 22.7. The van der Waals surface area contributed by atoms with Gasteiger partial charge in [-0.15, -0.1) is 11.6 Å². The summed E-state index contributed by atoms with van der Waals surface area (Å²) >= 11 is 6.21. The normalized spacial score (nSPS) is 14.8. The molecule has 4 rings (SSSR count). The van der Waals surface area contributed by atoms with Gasteiger partial charge in [-0.25, -0.2) is 9.78 Å². The maximum atomic E-state index is 12.8. The quantitative estimate of drug-likeness (QED) is 0.299. The van der Waals surface area contributed by atoms with Gasteiger partial charge in [-0.05, 0) is 59.5 Å². The van der Waals surface area contributed by atoms with Crippen LogP contribution in [0.5, 0.6) is 0 Å². The number of carbonyl (C=O) groups excluding carboxylic acids is 2. The highest BCUT2D eigenvalue weighted by Crippen LogP contribution is 2.16. The number of aromatic nitrogens is 1. The van der Waals surface area contributed by atoms with Crippen LogP contribution in [0.15, 0.2) is 60.7 Å². The van der Waals surface area contributed by atoms with E-state index in [1.165, 1.54) is 7.11 Å². The zero-order valence-electron chi connectivity index (χ0n) is 18.3. The monoisotopic (exact) mass is 457 g/mol. The van der Waals surface area contributed by atoms with E-state index >= 15 is 0 Å². The molecule has 1 aliphatic rings. The number of halogens is 1. The van der Waals surface area contributed by atoms with E-state index in [-0.39, 0.29) is 11.2 Å². The van der Waals surface area contributed by atoms with Crippen molar-refractivity contribution >= 4 is 47.7 Å². The lowest BCUT2D eigenvalue weighted by molar-refractivity contribution is 0.0599. The molecule has 33 heavy (non-hydrogen) atoms. The van der Waals surface area contributed by atoms with Crippen LogP contribution >= 0.6 is 11.6 Å². The molecule has 2 aromatic carbocycles. The van der Waals surface area contributed by atoms with Crippen LogP contribution in [0.3, 0.4) is 0 Å². The molecule has 1 atom stereocenters. The van der Waals surface area contributed by atoms with E-state index in [9.17, 15) is 9.59 Å². The summed E-state index contributed by atoms with van der Waals surface area (Å²) in [6.45, 7) is 0. The Morgan fingerprint density at radius 3 is 2.79 bits per heavy atom. The summed E-state index contributed by atoms with van der Waals surface area (Å²) in [5, 5.41) is 1.98. The minimum Gasteiger partial charge on any atom is -0.465 e. The van der Waals surface area contributed by atoms with E-state index in [2.05, 4.69) is 11.1 Å². The topological polar surface area (TPSA) is 56.3 Å². The lowest BCUT2D eigenvalue weighted by Gasteiger charge is -2.08. The highest BCUT2D eigenvalue weighted by molar-refractivity contribution is 6.24. The van der Waals surface area contributed by atoms with Crippen LogP contribution < -0.4 is 10.6 Å². The van der Waals surface area contributed by atoms with Gasteiger partial charge in [0.2, 0.25) is 0 Å². The van der Waals surface area contributed by atoms with Crippen molar-refractivity contribution in [2.24, 2.45) is 0 Å². The Morgan fingerprint density at radius 1 is 1.09 bits per heavy atom. The molecule has 5 heteroatoms. The van der Waals surface area contributed by atoms with Crippen LogP contribution in [0.4, 0.5) is 0 Å². The largest absolute Gasteiger partial charge is 0.465 e. The van der Waals surface area contributed by atoms with Gasteiger partial charge in [0, 0.05) is 12.0 Å². The molecule has 166 valence electrons. The molecule has 1 aromatic heterocycles. The Hall–Kier alpha value is -3.50. The van der Waals surface area contributed by atoms with Crippen LogP contribution in [-0.4, -0.2) is 29.2 Å². The van der Waals surface area contributed by atoms with Gasteiger partial charge in [0.05, 0.1) is 29.1 Å². The molecule has 1 heterocycles. The number of pyridine rings is 1. The highest BCUT2D eigenvalue weighted by atomic mass is 35.5. The first-order chi connectivity index (χ1) is 16.0. The number of carbonyl (C=O) groups is 2. The second kappa shape index (κ2) is 10.4. The van der Waals surface area contributed by atoms with Gasteiger partial charge in [-0.3, -0.25) is 4.79 Å². The van der Waals surface area contributed by atoms with Crippen molar-refractivity contribution in [2.75, 3.05) is 7.11 Å². The Kier molecular flexibility index (Phi) is 7.16. The van der Waals surface area contributed by atoms with E-state index in [1.54, 1.807) is 12.1 Å². The molecule has 0 saturated carbocycles. The highest BCUT2D eigenvalue weighted by Gasteiger charge is 2.13. The van der Waals surface area contributed by atoms with Crippen molar-refractivity contribution in [3.8, 4) is 0 Å². The van der Waals surface area contributed by atoms with E-state index in [4.69, 9.17) is 16.3 Å². The number of Topliss-reactive ketones (excluding diaryl/α,β-unsaturated/α-hetero) is 1. The molecule has 4 nitrogen and oxygen atoms in total. The zero-order chi connectivity index (χ0) is 23.2. The molecule has 0 aliphatic heterocycles. The standard InChI is InChI=1S/C28H24ClNO3/c1-33-28(32)25-8-3-2-6-20(25)12-16-27(31)22-7-4-5-19(17-22)9-14-24-15-11-21-10-13-23(29)18-26(21)30-24/h2-11,14-15,17-18,23H,12-13,16H2,1H3. The van der Waals surface area contributed by atoms with Gasteiger partial charge in [0.15, 0.2) is 5.78 Å². The average molecular weight is 458 g/mol. The molecule has 0 bridgehead atoms. The second-order valence-corrected chi connectivity index (χ2v) is 8.42. The number of ketones is 1. The number of ether oxygens (including phenoxy) is 1. The van der Waals surface area contributed by atoms with Gasteiger partial charge in [-0.2, -0.15) is 0 Å². The van der Waals surface area contributed by atoms with Crippen LogP contribution in [0.25, 0.3) is 24.3 Å². The number of benzene rings is 2. The Bertz CT molecular complexity index is 1340. The van der Waals surface area contributed by atoms with Crippen molar-refractivity contribution in [1.29, 1.82) is 0 Å². The van der Waals surface area contributed by atoms with Gasteiger partial charge in [0.1, 0.15) is 0 Å². The van der Waals surface area contributed by atoms with Gasteiger partial charge in [0.25, 0.3) is 0 Å².